The zero-order valence-corrected chi connectivity index (χ0v) is 15.5. The second kappa shape index (κ2) is 7.73. The molecule has 0 amide bonds. The second-order valence-electron chi connectivity index (χ2n) is 6.96. The van der Waals surface area contributed by atoms with Gasteiger partial charge in [0, 0.05) is 31.7 Å². The summed E-state index contributed by atoms with van der Waals surface area (Å²) in [4.78, 5) is 22.3. The Labute approximate surface area is 164 Å². The van der Waals surface area contributed by atoms with Crippen LogP contribution in [0, 0.1) is 5.92 Å². The summed E-state index contributed by atoms with van der Waals surface area (Å²) in [6.07, 6.45) is 1.60. The van der Waals surface area contributed by atoms with Gasteiger partial charge in [0.25, 0.3) is 0 Å². The molecule has 3 aromatic rings. The topological polar surface area (TPSA) is 59.7 Å². The predicted molar refractivity (Wildman–Crippen MR) is 99.2 cm³/mol. The van der Waals surface area contributed by atoms with Crippen molar-refractivity contribution < 1.29 is 22.7 Å². The van der Waals surface area contributed by atoms with E-state index in [0.29, 0.717) is 25.1 Å². The average molecular weight is 404 g/mol. The lowest BCUT2D eigenvalue weighted by Crippen LogP contribution is -2.40. The van der Waals surface area contributed by atoms with Gasteiger partial charge in [-0.15, -0.1) is 0 Å². The Kier molecular flexibility index (Phi) is 5.12. The first kappa shape index (κ1) is 19.2. The molecule has 6 nitrogen and oxygen atoms in total. The molecule has 0 spiro atoms. The number of ether oxygens (including phenoxy) is 1. The van der Waals surface area contributed by atoms with Crippen LogP contribution >= 0.6 is 0 Å². The van der Waals surface area contributed by atoms with Crippen LogP contribution in [0.1, 0.15) is 24.1 Å². The molecule has 1 aliphatic heterocycles. The van der Waals surface area contributed by atoms with E-state index in [-0.39, 0.29) is 19.0 Å². The smallest absolute Gasteiger partial charge is 0.419 e. The van der Waals surface area contributed by atoms with Gasteiger partial charge in [-0.25, -0.2) is 9.97 Å². The van der Waals surface area contributed by atoms with Gasteiger partial charge in [0.2, 0.25) is 0 Å². The fourth-order valence-electron chi connectivity index (χ4n) is 3.55. The van der Waals surface area contributed by atoms with Crippen LogP contribution in [-0.2, 0) is 22.3 Å². The summed E-state index contributed by atoms with van der Waals surface area (Å²) in [6.45, 7) is 0.578. The number of halogens is 3. The van der Waals surface area contributed by atoms with Crippen LogP contribution in [0.2, 0.25) is 0 Å². The minimum Gasteiger partial charge on any atom is -0.459 e. The number of hydrogen-bond acceptors (Lipinski definition) is 5. The van der Waals surface area contributed by atoms with Crippen LogP contribution in [0.4, 0.5) is 19.0 Å². The molecular weight excluding hydrogens is 385 g/mol. The molecule has 0 bridgehead atoms. The Hall–Kier alpha value is -3.10. The third-order valence-electron chi connectivity index (χ3n) is 4.92. The minimum atomic E-state index is -4.50. The Morgan fingerprint density at radius 3 is 2.90 bits per heavy atom. The van der Waals surface area contributed by atoms with E-state index in [1.807, 2.05) is 28.8 Å². The summed E-state index contributed by atoms with van der Waals surface area (Å²) < 4.78 is 47.1. The highest BCUT2D eigenvalue weighted by Crippen LogP contribution is 2.36. The van der Waals surface area contributed by atoms with Crippen molar-refractivity contribution in [1.82, 2.24) is 14.4 Å². The molecule has 3 aromatic heterocycles. The summed E-state index contributed by atoms with van der Waals surface area (Å²) in [5, 5.41) is 0. The maximum atomic E-state index is 13.3. The van der Waals surface area contributed by atoms with Crippen molar-refractivity contribution in [3.8, 4) is 0 Å². The highest BCUT2D eigenvalue weighted by Gasteiger charge is 2.37. The van der Waals surface area contributed by atoms with E-state index in [4.69, 9.17) is 4.74 Å². The molecule has 0 radical (unpaired) electrons. The van der Waals surface area contributed by atoms with E-state index in [1.54, 1.807) is 6.20 Å². The molecule has 1 unspecified atom stereocenters. The van der Waals surface area contributed by atoms with Crippen molar-refractivity contribution in [2.75, 3.05) is 18.0 Å². The Balaban J connectivity index is 1.42. The number of piperidine rings is 1. The number of carbonyl (C=O) groups excluding carboxylic acids is 1. The van der Waals surface area contributed by atoms with Gasteiger partial charge >= 0.3 is 12.1 Å². The standard InChI is InChI=1S/C20H19F3N4O2/c21-20(22,23)16-6-3-8-24-18(16)27-10-4-5-14(11-27)19(28)29-13-15-12-26-9-2-1-7-17(26)25-15/h1-3,6-9,12,14H,4-5,10-11,13H2. The summed E-state index contributed by atoms with van der Waals surface area (Å²) in [6, 6.07) is 7.84. The molecule has 0 aromatic carbocycles. The van der Waals surface area contributed by atoms with Crippen molar-refractivity contribution in [2.24, 2.45) is 5.92 Å². The third-order valence-corrected chi connectivity index (χ3v) is 4.92. The number of fused-ring (bicyclic) bond motifs is 1. The highest BCUT2D eigenvalue weighted by molar-refractivity contribution is 5.73. The Bertz CT molecular complexity index is 985. The molecule has 29 heavy (non-hydrogen) atoms. The molecule has 1 aliphatic rings. The number of carbonyl (C=O) groups is 1. The second-order valence-corrected chi connectivity index (χ2v) is 6.96. The molecule has 9 heteroatoms. The van der Waals surface area contributed by atoms with Crippen molar-refractivity contribution in [2.45, 2.75) is 25.6 Å². The van der Waals surface area contributed by atoms with E-state index in [1.165, 1.54) is 17.2 Å². The highest BCUT2D eigenvalue weighted by atomic mass is 19.4. The van der Waals surface area contributed by atoms with Crippen LogP contribution in [0.15, 0.2) is 48.9 Å². The summed E-state index contributed by atoms with van der Waals surface area (Å²) in [5.74, 6) is -1.09. The molecule has 0 aliphatic carbocycles. The average Bonchev–Trinajstić information content (AvgIpc) is 3.14. The van der Waals surface area contributed by atoms with Crippen LogP contribution in [0.25, 0.3) is 5.65 Å². The number of rotatable bonds is 4. The Morgan fingerprint density at radius 2 is 2.10 bits per heavy atom. The number of imidazole rings is 1. The van der Waals surface area contributed by atoms with Crippen molar-refractivity contribution in [1.29, 1.82) is 0 Å². The summed E-state index contributed by atoms with van der Waals surface area (Å²) in [5.41, 5.74) is 0.567. The maximum absolute atomic E-state index is 13.3. The fourth-order valence-corrected chi connectivity index (χ4v) is 3.55. The molecule has 4 rings (SSSR count). The molecule has 1 atom stereocenters. The number of pyridine rings is 2. The number of esters is 1. The van der Waals surface area contributed by atoms with Gasteiger partial charge in [-0.2, -0.15) is 13.2 Å². The van der Waals surface area contributed by atoms with Gasteiger partial charge in [-0.3, -0.25) is 4.79 Å². The first-order valence-electron chi connectivity index (χ1n) is 9.28. The van der Waals surface area contributed by atoms with E-state index >= 15 is 0 Å². The van der Waals surface area contributed by atoms with Crippen LogP contribution in [-0.4, -0.2) is 33.4 Å². The zero-order valence-electron chi connectivity index (χ0n) is 15.5. The zero-order chi connectivity index (χ0) is 20.4. The van der Waals surface area contributed by atoms with Crippen LogP contribution in [0.5, 0.6) is 0 Å². The van der Waals surface area contributed by atoms with E-state index < -0.39 is 23.6 Å². The number of aromatic nitrogens is 3. The monoisotopic (exact) mass is 404 g/mol. The normalized spacial score (nSPS) is 17.5. The van der Waals surface area contributed by atoms with Gasteiger partial charge in [0.05, 0.1) is 17.2 Å². The molecule has 0 N–H and O–H groups in total. The van der Waals surface area contributed by atoms with Crippen molar-refractivity contribution in [3.63, 3.8) is 0 Å². The van der Waals surface area contributed by atoms with Crippen LogP contribution < -0.4 is 4.90 Å². The SMILES string of the molecule is O=C(OCc1cn2ccccc2n1)C1CCCN(c2ncccc2C(F)(F)F)C1. The first-order valence-corrected chi connectivity index (χ1v) is 9.28. The number of nitrogens with zero attached hydrogens (tertiary/aromatic N) is 4. The third kappa shape index (κ3) is 4.18. The predicted octanol–water partition coefficient (Wildman–Crippen LogP) is 3.71. The quantitative estimate of drug-likeness (QED) is 0.621. The summed E-state index contributed by atoms with van der Waals surface area (Å²) >= 11 is 0. The molecule has 152 valence electrons. The molecular formula is C20H19F3N4O2. The largest absolute Gasteiger partial charge is 0.459 e. The van der Waals surface area contributed by atoms with Gasteiger partial charge in [-0.05, 0) is 37.1 Å². The fraction of sp³-hybridized carbons (Fsp3) is 0.350. The molecule has 0 saturated carbocycles. The summed E-state index contributed by atoms with van der Waals surface area (Å²) in [7, 11) is 0. The van der Waals surface area contributed by atoms with Gasteiger partial charge < -0.3 is 14.0 Å². The number of hydrogen-bond donors (Lipinski definition) is 0. The molecule has 1 saturated heterocycles. The lowest BCUT2D eigenvalue weighted by molar-refractivity contribution is -0.150. The number of alkyl halides is 3. The minimum absolute atomic E-state index is 0.0222. The first-order chi connectivity index (χ1) is 13.9. The van der Waals surface area contributed by atoms with Crippen molar-refractivity contribution in [3.05, 3.63) is 60.2 Å². The number of anilines is 1. The lowest BCUT2D eigenvalue weighted by atomic mass is 9.97. The molecule has 1 fully saturated rings. The van der Waals surface area contributed by atoms with Gasteiger partial charge in [-0.1, -0.05) is 6.07 Å². The lowest BCUT2D eigenvalue weighted by Gasteiger charge is -2.33. The van der Waals surface area contributed by atoms with E-state index in [0.717, 1.165) is 11.7 Å². The Morgan fingerprint density at radius 1 is 1.24 bits per heavy atom. The van der Waals surface area contributed by atoms with Gasteiger partial charge in [0.1, 0.15) is 18.1 Å². The maximum Gasteiger partial charge on any atom is 0.419 e. The molecule has 4 heterocycles. The van der Waals surface area contributed by atoms with E-state index in [9.17, 15) is 18.0 Å². The van der Waals surface area contributed by atoms with E-state index in [2.05, 4.69) is 9.97 Å². The van der Waals surface area contributed by atoms with Crippen LogP contribution in [0.3, 0.4) is 0 Å². The van der Waals surface area contributed by atoms with Gasteiger partial charge in [0.15, 0.2) is 0 Å². The van der Waals surface area contributed by atoms with Crippen molar-refractivity contribution >= 4 is 17.4 Å².